The van der Waals surface area contributed by atoms with Gasteiger partial charge in [0.2, 0.25) is 0 Å². The summed E-state index contributed by atoms with van der Waals surface area (Å²) in [6.45, 7) is 5.42. The molecule has 2 rings (SSSR count). The van der Waals surface area contributed by atoms with Crippen molar-refractivity contribution in [3.05, 3.63) is 63.4 Å². The van der Waals surface area contributed by atoms with Gasteiger partial charge in [-0.1, -0.05) is 35.3 Å². The van der Waals surface area contributed by atoms with Crippen molar-refractivity contribution in [1.29, 1.82) is 0 Å². The highest BCUT2D eigenvalue weighted by atomic mass is 35.5. The summed E-state index contributed by atoms with van der Waals surface area (Å²) in [6.07, 6.45) is -0.916. The van der Waals surface area contributed by atoms with Gasteiger partial charge in [0.1, 0.15) is 22.0 Å². The van der Waals surface area contributed by atoms with Crippen LogP contribution in [0.5, 0.6) is 0 Å². The van der Waals surface area contributed by atoms with Gasteiger partial charge in [-0.25, -0.2) is 9.78 Å². The number of hydrogen-bond acceptors (Lipinski definition) is 4. The standard InChI is InChI=1S/C17H17Cl2NO3/c1-17(2,3)23-16(22)11-6-4-10(5-7-11)15(21)12-8-13(18)20-14(19)9-12/h4-9,15,21H,1-3H3. The summed E-state index contributed by atoms with van der Waals surface area (Å²) in [5.74, 6) is -0.409. The van der Waals surface area contributed by atoms with E-state index in [4.69, 9.17) is 27.9 Å². The number of benzene rings is 1. The van der Waals surface area contributed by atoms with Crippen LogP contribution in [0.4, 0.5) is 0 Å². The first-order valence-corrected chi connectivity index (χ1v) is 7.76. The van der Waals surface area contributed by atoms with Gasteiger partial charge in [-0.3, -0.25) is 0 Å². The van der Waals surface area contributed by atoms with Gasteiger partial charge in [0.25, 0.3) is 0 Å². The van der Waals surface area contributed by atoms with Crippen LogP contribution in [0.15, 0.2) is 36.4 Å². The van der Waals surface area contributed by atoms with Crippen LogP contribution in [0.3, 0.4) is 0 Å². The highest BCUT2D eigenvalue weighted by Crippen LogP contribution is 2.26. The highest BCUT2D eigenvalue weighted by molar-refractivity contribution is 6.32. The SMILES string of the molecule is CC(C)(C)OC(=O)c1ccc(C(O)c2cc(Cl)nc(Cl)c2)cc1. The van der Waals surface area contributed by atoms with E-state index in [9.17, 15) is 9.90 Å². The Labute approximate surface area is 145 Å². The zero-order valence-electron chi connectivity index (χ0n) is 13.0. The minimum atomic E-state index is -0.916. The number of carbonyl (C=O) groups is 1. The van der Waals surface area contributed by atoms with Gasteiger partial charge in [-0.05, 0) is 56.2 Å². The predicted molar refractivity (Wildman–Crippen MR) is 89.9 cm³/mol. The number of halogens is 2. The summed E-state index contributed by atoms with van der Waals surface area (Å²) in [6, 6.07) is 9.62. The number of aromatic nitrogens is 1. The predicted octanol–water partition coefficient (Wildman–Crippen LogP) is 4.43. The first-order chi connectivity index (χ1) is 10.7. The molecular weight excluding hydrogens is 337 g/mol. The lowest BCUT2D eigenvalue weighted by atomic mass is 10.0. The molecule has 4 nitrogen and oxygen atoms in total. The molecule has 122 valence electrons. The van der Waals surface area contributed by atoms with E-state index in [-0.39, 0.29) is 10.3 Å². The summed E-state index contributed by atoms with van der Waals surface area (Å²) >= 11 is 11.7. The normalized spacial score (nSPS) is 12.8. The Hall–Kier alpha value is -1.62. The third kappa shape index (κ3) is 4.93. The summed E-state index contributed by atoms with van der Waals surface area (Å²) in [5, 5.41) is 10.8. The van der Waals surface area contributed by atoms with Gasteiger partial charge in [-0.15, -0.1) is 0 Å². The third-order valence-electron chi connectivity index (χ3n) is 2.96. The number of esters is 1. The molecule has 0 aliphatic rings. The molecular formula is C17H17Cl2NO3. The molecule has 0 fully saturated rings. The topological polar surface area (TPSA) is 59.4 Å². The average molecular weight is 354 g/mol. The molecule has 1 atom stereocenters. The van der Waals surface area contributed by atoms with Crippen LogP contribution in [0.1, 0.15) is 48.4 Å². The monoisotopic (exact) mass is 353 g/mol. The van der Waals surface area contributed by atoms with Crippen LogP contribution in [-0.4, -0.2) is 21.7 Å². The molecule has 0 spiro atoms. The van der Waals surface area contributed by atoms with Crippen molar-refractivity contribution in [3.63, 3.8) is 0 Å². The Morgan fingerprint density at radius 2 is 1.61 bits per heavy atom. The maximum absolute atomic E-state index is 12.0. The fourth-order valence-corrected chi connectivity index (χ4v) is 2.45. The Balaban J connectivity index is 2.20. The zero-order chi connectivity index (χ0) is 17.2. The number of hydrogen-bond donors (Lipinski definition) is 1. The minimum Gasteiger partial charge on any atom is -0.456 e. The molecule has 0 aliphatic carbocycles. The Morgan fingerprint density at radius 1 is 1.09 bits per heavy atom. The van der Waals surface area contributed by atoms with E-state index >= 15 is 0 Å². The molecule has 1 aromatic carbocycles. The second-order valence-electron chi connectivity index (χ2n) is 6.07. The van der Waals surface area contributed by atoms with Crippen LogP contribution in [0.2, 0.25) is 10.3 Å². The van der Waals surface area contributed by atoms with Gasteiger partial charge in [0, 0.05) is 0 Å². The van der Waals surface area contributed by atoms with Crippen molar-refractivity contribution in [3.8, 4) is 0 Å². The van der Waals surface area contributed by atoms with E-state index in [2.05, 4.69) is 4.98 Å². The largest absolute Gasteiger partial charge is 0.456 e. The lowest BCUT2D eigenvalue weighted by molar-refractivity contribution is 0.00694. The lowest BCUT2D eigenvalue weighted by Gasteiger charge is -2.19. The quantitative estimate of drug-likeness (QED) is 0.655. The maximum atomic E-state index is 12.0. The van der Waals surface area contributed by atoms with Gasteiger partial charge >= 0.3 is 5.97 Å². The Bertz CT molecular complexity index is 689. The van der Waals surface area contributed by atoms with E-state index in [1.165, 1.54) is 0 Å². The number of aliphatic hydroxyl groups excluding tert-OH is 1. The maximum Gasteiger partial charge on any atom is 0.338 e. The molecule has 1 heterocycles. The summed E-state index contributed by atoms with van der Waals surface area (Å²) in [5.41, 5.74) is 0.997. The number of nitrogens with zero attached hydrogens (tertiary/aromatic N) is 1. The molecule has 1 N–H and O–H groups in total. The van der Waals surface area contributed by atoms with E-state index in [1.54, 1.807) is 57.2 Å². The highest BCUT2D eigenvalue weighted by Gasteiger charge is 2.18. The molecule has 1 aromatic heterocycles. The van der Waals surface area contributed by atoms with Crippen molar-refractivity contribution < 1.29 is 14.6 Å². The molecule has 0 saturated carbocycles. The third-order valence-corrected chi connectivity index (χ3v) is 3.35. The molecule has 0 amide bonds. The van der Waals surface area contributed by atoms with Crippen molar-refractivity contribution in [2.24, 2.45) is 0 Å². The number of carbonyl (C=O) groups excluding carboxylic acids is 1. The Morgan fingerprint density at radius 3 is 2.09 bits per heavy atom. The van der Waals surface area contributed by atoms with Gasteiger partial charge in [0.05, 0.1) is 5.56 Å². The second kappa shape index (κ2) is 6.87. The Kier molecular flexibility index (Phi) is 5.30. The molecule has 2 aromatic rings. The fraction of sp³-hybridized carbons (Fsp3) is 0.294. The van der Waals surface area contributed by atoms with Crippen LogP contribution >= 0.6 is 23.2 Å². The molecule has 0 radical (unpaired) electrons. The van der Waals surface area contributed by atoms with Gasteiger partial charge < -0.3 is 9.84 Å². The molecule has 23 heavy (non-hydrogen) atoms. The molecule has 0 saturated heterocycles. The number of rotatable bonds is 3. The number of ether oxygens (including phenoxy) is 1. The molecule has 0 aliphatic heterocycles. The molecule has 6 heteroatoms. The molecule has 0 bridgehead atoms. The van der Waals surface area contributed by atoms with Gasteiger partial charge in [-0.2, -0.15) is 0 Å². The molecule has 1 unspecified atom stereocenters. The summed E-state index contributed by atoms with van der Waals surface area (Å²) < 4.78 is 5.30. The zero-order valence-corrected chi connectivity index (χ0v) is 14.5. The first-order valence-electron chi connectivity index (χ1n) is 7.00. The van der Waals surface area contributed by atoms with Crippen LogP contribution in [-0.2, 0) is 4.74 Å². The van der Waals surface area contributed by atoms with Crippen molar-refractivity contribution in [2.45, 2.75) is 32.5 Å². The van der Waals surface area contributed by atoms with E-state index in [1.807, 2.05) is 0 Å². The van der Waals surface area contributed by atoms with Crippen molar-refractivity contribution in [2.75, 3.05) is 0 Å². The van der Waals surface area contributed by atoms with E-state index in [0.29, 0.717) is 16.7 Å². The number of pyridine rings is 1. The lowest BCUT2D eigenvalue weighted by Crippen LogP contribution is -2.23. The summed E-state index contributed by atoms with van der Waals surface area (Å²) in [7, 11) is 0. The number of aliphatic hydroxyl groups is 1. The fourth-order valence-electron chi connectivity index (χ4n) is 1.97. The van der Waals surface area contributed by atoms with Crippen LogP contribution < -0.4 is 0 Å². The first kappa shape index (κ1) is 17.7. The minimum absolute atomic E-state index is 0.205. The van der Waals surface area contributed by atoms with E-state index in [0.717, 1.165) is 0 Å². The van der Waals surface area contributed by atoms with Crippen molar-refractivity contribution >= 4 is 29.2 Å². The van der Waals surface area contributed by atoms with Gasteiger partial charge in [0.15, 0.2) is 0 Å². The van der Waals surface area contributed by atoms with Crippen molar-refractivity contribution in [1.82, 2.24) is 4.98 Å². The summed E-state index contributed by atoms with van der Waals surface area (Å²) in [4.78, 5) is 15.8. The average Bonchev–Trinajstić information content (AvgIpc) is 2.44. The smallest absolute Gasteiger partial charge is 0.338 e. The van der Waals surface area contributed by atoms with E-state index < -0.39 is 17.7 Å². The van der Waals surface area contributed by atoms with Crippen LogP contribution in [0.25, 0.3) is 0 Å². The van der Waals surface area contributed by atoms with Crippen LogP contribution in [0, 0.1) is 0 Å². The second-order valence-corrected chi connectivity index (χ2v) is 6.85.